The zero-order valence-corrected chi connectivity index (χ0v) is 14.5. The molecule has 1 aromatic carbocycles. The minimum atomic E-state index is -0.241. The monoisotopic (exact) mass is 351 g/mol. The Labute approximate surface area is 144 Å². The fraction of sp³-hybridized carbons (Fsp3) is 0.250. The van der Waals surface area contributed by atoms with Gasteiger partial charge in [-0.05, 0) is 36.7 Å². The molecule has 122 valence electrons. The highest BCUT2D eigenvalue weighted by atomic mass is 35.5. The van der Waals surface area contributed by atoms with Crippen LogP contribution in [0.1, 0.15) is 20.0 Å². The van der Waals surface area contributed by atoms with Gasteiger partial charge < -0.3 is 15.5 Å². The Kier molecular flexibility index (Phi) is 6.15. The number of hydrogen-bond acceptors (Lipinski definition) is 4. The van der Waals surface area contributed by atoms with Crippen LogP contribution in [0.15, 0.2) is 35.7 Å². The zero-order chi connectivity index (χ0) is 16.8. The first-order chi connectivity index (χ1) is 11.0. The molecule has 0 saturated carbocycles. The summed E-state index contributed by atoms with van der Waals surface area (Å²) < 4.78 is 0. The number of hydrogen-bond donors (Lipinski definition) is 2. The van der Waals surface area contributed by atoms with Crippen LogP contribution >= 0.6 is 22.9 Å². The van der Waals surface area contributed by atoms with E-state index < -0.39 is 0 Å². The van der Waals surface area contributed by atoms with Crippen molar-refractivity contribution in [2.45, 2.75) is 0 Å². The number of benzene rings is 1. The number of rotatable bonds is 6. The van der Waals surface area contributed by atoms with E-state index in [9.17, 15) is 9.59 Å². The van der Waals surface area contributed by atoms with Crippen LogP contribution in [0.4, 0.5) is 5.69 Å². The quantitative estimate of drug-likeness (QED) is 0.841. The lowest BCUT2D eigenvalue weighted by molar-refractivity contribution is 0.0796. The van der Waals surface area contributed by atoms with Crippen molar-refractivity contribution in [1.82, 2.24) is 10.2 Å². The second-order valence-electron chi connectivity index (χ2n) is 4.96. The van der Waals surface area contributed by atoms with Gasteiger partial charge >= 0.3 is 0 Å². The molecule has 5 nitrogen and oxygen atoms in total. The highest BCUT2D eigenvalue weighted by Crippen LogP contribution is 2.25. The van der Waals surface area contributed by atoms with Gasteiger partial charge in [-0.15, -0.1) is 11.3 Å². The first kappa shape index (κ1) is 17.5. The first-order valence-corrected chi connectivity index (χ1v) is 8.33. The highest BCUT2D eigenvalue weighted by molar-refractivity contribution is 7.12. The average molecular weight is 352 g/mol. The fourth-order valence-electron chi connectivity index (χ4n) is 1.95. The molecule has 2 aromatic rings. The molecule has 0 aliphatic rings. The maximum absolute atomic E-state index is 12.4. The van der Waals surface area contributed by atoms with Crippen molar-refractivity contribution in [3.63, 3.8) is 0 Å². The second-order valence-corrected chi connectivity index (χ2v) is 6.31. The van der Waals surface area contributed by atoms with Gasteiger partial charge in [-0.1, -0.05) is 17.7 Å². The smallest absolute Gasteiger partial charge is 0.265 e. The summed E-state index contributed by atoms with van der Waals surface area (Å²) >= 11 is 7.47. The van der Waals surface area contributed by atoms with Crippen LogP contribution < -0.4 is 10.6 Å². The van der Waals surface area contributed by atoms with E-state index in [0.29, 0.717) is 34.2 Å². The Bertz CT molecular complexity index is 689. The zero-order valence-electron chi connectivity index (χ0n) is 12.9. The number of amides is 2. The highest BCUT2D eigenvalue weighted by Gasteiger charge is 2.15. The summed E-state index contributed by atoms with van der Waals surface area (Å²) in [6.45, 7) is 1.30. The molecule has 0 bridgehead atoms. The molecule has 2 rings (SSSR count). The van der Waals surface area contributed by atoms with Crippen molar-refractivity contribution < 1.29 is 9.59 Å². The SMILES string of the molecule is CNCCN(C)C(=O)c1ccc(Cl)c(NC(=O)c2cccs2)c1. The van der Waals surface area contributed by atoms with Crippen LogP contribution in [0.2, 0.25) is 5.02 Å². The summed E-state index contributed by atoms with van der Waals surface area (Å²) in [6.07, 6.45) is 0. The molecule has 2 amide bonds. The lowest BCUT2D eigenvalue weighted by Crippen LogP contribution is -2.32. The van der Waals surface area contributed by atoms with E-state index in [0.717, 1.165) is 0 Å². The molecule has 0 atom stereocenters. The molecule has 0 unspecified atom stereocenters. The van der Waals surface area contributed by atoms with Crippen molar-refractivity contribution in [2.75, 3.05) is 32.5 Å². The van der Waals surface area contributed by atoms with Crippen LogP contribution in [-0.4, -0.2) is 43.9 Å². The minimum absolute atomic E-state index is 0.122. The Morgan fingerprint density at radius 2 is 2.09 bits per heavy atom. The van der Waals surface area contributed by atoms with E-state index in [1.165, 1.54) is 11.3 Å². The predicted octanol–water partition coefficient (Wildman–Crippen LogP) is 2.95. The molecule has 0 fully saturated rings. The normalized spacial score (nSPS) is 10.4. The standard InChI is InChI=1S/C16H18ClN3O2S/c1-18-7-8-20(2)16(22)11-5-6-12(17)13(10-11)19-15(21)14-4-3-9-23-14/h3-6,9-10,18H,7-8H2,1-2H3,(H,19,21). The number of thiophene rings is 1. The van der Waals surface area contributed by atoms with Crippen molar-refractivity contribution in [1.29, 1.82) is 0 Å². The third-order valence-electron chi connectivity index (χ3n) is 3.25. The second kappa shape index (κ2) is 8.10. The minimum Gasteiger partial charge on any atom is -0.340 e. The number of nitrogens with one attached hydrogen (secondary N) is 2. The van der Waals surface area contributed by atoms with Gasteiger partial charge in [0.2, 0.25) is 0 Å². The van der Waals surface area contributed by atoms with Gasteiger partial charge in [0.15, 0.2) is 0 Å². The van der Waals surface area contributed by atoms with Gasteiger partial charge in [0.25, 0.3) is 11.8 Å². The summed E-state index contributed by atoms with van der Waals surface area (Å²) in [4.78, 5) is 26.7. The maximum atomic E-state index is 12.4. The third kappa shape index (κ3) is 4.54. The molecule has 0 aliphatic heterocycles. The number of carbonyl (C=O) groups is 2. The molecule has 0 aliphatic carbocycles. The largest absolute Gasteiger partial charge is 0.340 e. The van der Waals surface area contributed by atoms with Gasteiger partial charge in [0, 0.05) is 25.7 Å². The molecule has 0 saturated heterocycles. The fourth-order valence-corrected chi connectivity index (χ4v) is 2.73. The first-order valence-electron chi connectivity index (χ1n) is 7.07. The molecule has 7 heteroatoms. The summed E-state index contributed by atoms with van der Waals surface area (Å²) in [7, 11) is 3.57. The Balaban J connectivity index is 2.15. The number of carbonyl (C=O) groups excluding carboxylic acids is 2. The van der Waals surface area contributed by atoms with Crippen molar-refractivity contribution in [3.8, 4) is 0 Å². The van der Waals surface area contributed by atoms with E-state index in [2.05, 4.69) is 10.6 Å². The molecular weight excluding hydrogens is 334 g/mol. The van der Waals surface area contributed by atoms with Crippen LogP contribution in [0, 0.1) is 0 Å². The van der Waals surface area contributed by atoms with Crippen LogP contribution in [0.25, 0.3) is 0 Å². The maximum Gasteiger partial charge on any atom is 0.265 e. The van der Waals surface area contributed by atoms with Gasteiger partial charge in [-0.2, -0.15) is 0 Å². The van der Waals surface area contributed by atoms with Gasteiger partial charge in [0.05, 0.1) is 15.6 Å². The van der Waals surface area contributed by atoms with Crippen molar-refractivity contribution in [2.24, 2.45) is 0 Å². The number of anilines is 1. The van der Waals surface area contributed by atoms with E-state index in [-0.39, 0.29) is 11.8 Å². The van der Waals surface area contributed by atoms with E-state index in [1.54, 1.807) is 42.3 Å². The number of nitrogens with zero attached hydrogens (tertiary/aromatic N) is 1. The van der Waals surface area contributed by atoms with Gasteiger partial charge in [-0.3, -0.25) is 9.59 Å². The predicted molar refractivity (Wildman–Crippen MR) is 94.6 cm³/mol. The number of likely N-dealkylation sites (N-methyl/N-ethyl adjacent to an activating group) is 2. The van der Waals surface area contributed by atoms with Crippen LogP contribution in [0.5, 0.6) is 0 Å². The number of halogens is 1. The molecule has 1 aromatic heterocycles. The van der Waals surface area contributed by atoms with E-state index >= 15 is 0 Å². The summed E-state index contributed by atoms with van der Waals surface area (Å²) in [6, 6.07) is 8.41. The van der Waals surface area contributed by atoms with Gasteiger partial charge in [-0.25, -0.2) is 0 Å². The van der Waals surface area contributed by atoms with Crippen molar-refractivity contribution in [3.05, 3.63) is 51.2 Å². The Morgan fingerprint density at radius 3 is 2.74 bits per heavy atom. The molecule has 1 heterocycles. The summed E-state index contributed by atoms with van der Waals surface area (Å²) in [5, 5.41) is 7.96. The molecular formula is C16H18ClN3O2S. The summed E-state index contributed by atoms with van der Waals surface area (Å²) in [5.74, 6) is -0.362. The lowest BCUT2D eigenvalue weighted by atomic mass is 10.1. The molecule has 2 N–H and O–H groups in total. The molecule has 0 spiro atoms. The van der Waals surface area contributed by atoms with Crippen molar-refractivity contribution >= 4 is 40.4 Å². The Morgan fingerprint density at radius 1 is 1.30 bits per heavy atom. The molecule has 23 heavy (non-hydrogen) atoms. The average Bonchev–Trinajstić information content (AvgIpc) is 3.08. The Hall–Kier alpha value is -1.89. The summed E-state index contributed by atoms with van der Waals surface area (Å²) in [5.41, 5.74) is 0.910. The van der Waals surface area contributed by atoms with E-state index in [1.807, 2.05) is 12.4 Å². The third-order valence-corrected chi connectivity index (χ3v) is 4.45. The molecule has 0 radical (unpaired) electrons. The van der Waals surface area contributed by atoms with E-state index in [4.69, 9.17) is 11.6 Å². The van der Waals surface area contributed by atoms with Gasteiger partial charge in [0.1, 0.15) is 0 Å². The van der Waals surface area contributed by atoms with Crippen LogP contribution in [-0.2, 0) is 0 Å². The topological polar surface area (TPSA) is 61.4 Å². The lowest BCUT2D eigenvalue weighted by Gasteiger charge is -2.17. The van der Waals surface area contributed by atoms with Crippen LogP contribution in [0.3, 0.4) is 0 Å².